The van der Waals surface area contributed by atoms with Crippen molar-refractivity contribution in [2.45, 2.75) is 58.3 Å². The topological polar surface area (TPSA) is 144 Å². The van der Waals surface area contributed by atoms with E-state index in [9.17, 15) is 24.0 Å². The third kappa shape index (κ3) is 6.88. The first-order valence-corrected chi connectivity index (χ1v) is 8.12. The van der Waals surface area contributed by atoms with E-state index in [-0.39, 0.29) is 0 Å². The Balaban J connectivity index is 3.33. The Hall–Kier alpha value is -3.13. The van der Waals surface area contributed by atoms with Crippen LogP contribution in [-0.2, 0) is 47.7 Å². The summed E-state index contributed by atoms with van der Waals surface area (Å²) in [6.07, 6.45) is -0.233. The largest absolute Gasteiger partial charge is 0.463 e. The molecule has 1 N–H and O–H groups in total. The average Bonchev–Trinajstić information content (AvgIpc) is 2.56. The number of nitrogens with one attached hydrogen (secondary N) is 1. The van der Waals surface area contributed by atoms with Gasteiger partial charge in [0.15, 0.2) is 12.2 Å². The van der Waals surface area contributed by atoms with Crippen molar-refractivity contribution in [3.8, 4) is 12.3 Å². The molecule has 1 aliphatic heterocycles. The second-order valence-electron chi connectivity index (χ2n) is 5.75. The first kappa shape index (κ1) is 22.9. The van der Waals surface area contributed by atoms with Gasteiger partial charge >= 0.3 is 23.9 Å². The van der Waals surface area contributed by atoms with Crippen molar-refractivity contribution in [2.24, 2.45) is 0 Å². The quantitative estimate of drug-likeness (QED) is 0.329. The molecule has 0 aromatic rings. The lowest BCUT2D eigenvalue weighted by molar-refractivity contribution is -0.270. The summed E-state index contributed by atoms with van der Waals surface area (Å²) in [6, 6.07) is -1.30. The minimum absolute atomic E-state index is 0.404. The molecule has 1 heterocycles. The van der Waals surface area contributed by atoms with Gasteiger partial charge in [-0.25, -0.2) is 0 Å². The Morgan fingerprint density at radius 1 is 0.893 bits per heavy atom. The molecule has 11 nitrogen and oxygen atoms in total. The lowest BCUT2D eigenvalue weighted by Crippen LogP contribution is -2.66. The summed E-state index contributed by atoms with van der Waals surface area (Å²) in [5.74, 6) is -2.08. The van der Waals surface area contributed by atoms with E-state index in [1.54, 1.807) is 5.92 Å². The molecule has 0 spiro atoms. The Bertz CT molecular complexity index is 682. The fourth-order valence-electron chi connectivity index (χ4n) is 2.51. The molecule has 0 aliphatic carbocycles. The second kappa shape index (κ2) is 10.3. The van der Waals surface area contributed by atoms with Gasteiger partial charge in [0.2, 0.25) is 6.29 Å². The maximum Gasteiger partial charge on any atom is 0.305 e. The number of rotatable bonds is 6. The Kier molecular flexibility index (Phi) is 8.40. The Morgan fingerprint density at radius 2 is 1.43 bits per heavy atom. The zero-order valence-electron chi connectivity index (χ0n) is 15.8. The van der Waals surface area contributed by atoms with Crippen molar-refractivity contribution in [3.05, 3.63) is 0 Å². The van der Waals surface area contributed by atoms with Gasteiger partial charge in [0.25, 0.3) is 5.91 Å². The summed E-state index contributed by atoms with van der Waals surface area (Å²) >= 11 is 0. The molecule has 0 saturated carbocycles. The molecule has 1 rings (SSSR count). The summed E-state index contributed by atoms with van der Waals surface area (Å²) < 4.78 is 25.8. The van der Waals surface area contributed by atoms with E-state index in [1.807, 2.05) is 0 Å². The average molecular weight is 399 g/mol. The van der Waals surface area contributed by atoms with Crippen LogP contribution in [-0.4, -0.2) is 67.0 Å². The highest BCUT2D eigenvalue weighted by Crippen LogP contribution is 2.28. The van der Waals surface area contributed by atoms with Gasteiger partial charge in [-0.3, -0.25) is 24.0 Å². The summed E-state index contributed by atoms with van der Waals surface area (Å²) in [6.45, 7) is 4.01. The van der Waals surface area contributed by atoms with E-state index in [0.29, 0.717) is 0 Å². The van der Waals surface area contributed by atoms with Crippen molar-refractivity contribution in [1.29, 1.82) is 0 Å². The zero-order valence-corrected chi connectivity index (χ0v) is 15.8. The van der Waals surface area contributed by atoms with Crippen molar-refractivity contribution in [1.82, 2.24) is 5.32 Å². The molecule has 1 fully saturated rings. The van der Waals surface area contributed by atoms with Gasteiger partial charge in [-0.15, -0.1) is 6.42 Å². The van der Waals surface area contributed by atoms with Gasteiger partial charge in [0, 0.05) is 27.7 Å². The molecule has 154 valence electrons. The van der Waals surface area contributed by atoms with Crippen molar-refractivity contribution in [3.63, 3.8) is 0 Å². The number of carbonyl (C=O) groups is 5. The van der Waals surface area contributed by atoms with Gasteiger partial charge in [-0.2, -0.15) is 0 Å². The van der Waals surface area contributed by atoms with Crippen LogP contribution in [0.3, 0.4) is 0 Å². The van der Waals surface area contributed by atoms with Crippen LogP contribution in [0.15, 0.2) is 0 Å². The highest BCUT2D eigenvalue weighted by Gasteiger charge is 2.52. The van der Waals surface area contributed by atoms with Crippen molar-refractivity contribution in [2.75, 3.05) is 6.61 Å². The molecule has 0 bridgehead atoms. The van der Waals surface area contributed by atoms with Crippen LogP contribution < -0.4 is 5.32 Å². The molecule has 1 saturated heterocycles. The molecule has 1 amide bonds. The van der Waals surface area contributed by atoms with Crippen LogP contribution in [0.4, 0.5) is 0 Å². The maximum atomic E-state index is 11.7. The van der Waals surface area contributed by atoms with Crippen molar-refractivity contribution >= 4 is 29.8 Å². The molecule has 0 aromatic carbocycles. The molecular formula is C17H21NO10. The van der Waals surface area contributed by atoms with E-state index in [1.165, 1.54) is 0 Å². The lowest BCUT2D eigenvalue weighted by atomic mass is 9.96. The van der Waals surface area contributed by atoms with Crippen LogP contribution in [0, 0.1) is 12.3 Å². The van der Waals surface area contributed by atoms with E-state index >= 15 is 0 Å². The summed E-state index contributed by atoms with van der Waals surface area (Å²) in [4.78, 5) is 57.4. The Labute approximate surface area is 160 Å². The fraction of sp³-hybridized carbons (Fsp3) is 0.588. The first-order valence-electron chi connectivity index (χ1n) is 8.12. The highest BCUT2D eigenvalue weighted by atomic mass is 16.7. The number of hydrogen-bond donors (Lipinski definition) is 1. The van der Waals surface area contributed by atoms with E-state index in [4.69, 9.17) is 30.1 Å². The number of esters is 4. The third-order valence-electron chi connectivity index (χ3n) is 3.41. The van der Waals surface area contributed by atoms with E-state index in [2.05, 4.69) is 5.32 Å². The first-order chi connectivity index (χ1) is 13.0. The molecule has 5 atom stereocenters. The molecule has 0 aromatic heterocycles. The van der Waals surface area contributed by atoms with Gasteiger partial charge in [0.05, 0.1) is 0 Å². The van der Waals surface area contributed by atoms with Crippen LogP contribution in [0.5, 0.6) is 0 Å². The van der Waals surface area contributed by atoms with Crippen LogP contribution in [0.25, 0.3) is 0 Å². The maximum absolute atomic E-state index is 11.7. The fourth-order valence-corrected chi connectivity index (χ4v) is 2.51. The summed E-state index contributed by atoms with van der Waals surface area (Å²) in [5.41, 5.74) is 0. The highest BCUT2D eigenvalue weighted by molar-refractivity contribution is 5.93. The van der Waals surface area contributed by atoms with Crippen LogP contribution in [0.2, 0.25) is 0 Å². The molecular weight excluding hydrogens is 378 g/mol. The normalized spacial score (nSPS) is 26.2. The zero-order chi connectivity index (χ0) is 21.4. The van der Waals surface area contributed by atoms with E-state index < -0.39 is 67.0 Å². The molecule has 1 aliphatic rings. The number of hydrogen-bond acceptors (Lipinski definition) is 10. The molecule has 28 heavy (non-hydrogen) atoms. The minimum Gasteiger partial charge on any atom is -0.463 e. The number of terminal acetylenes is 1. The predicted molar refractivity (Wildman–Crippen MR) is 88.9 cm³/mol. The van der Waals surface area contributed by atoms with Crippen LogP contribution >= 0.6 is 0 Å². The molecule has 0 radical (unpaired) electrons. The third-order valence-corrected chi connectivity index (χ3v) is 3.41. The predicted octanol–water partition coefficient (Wildman–Crippen LogP) is -1.18. The van der Waals surface area contributed by atoms with Gasteiger partial charge in [-0.1, -0.05) is 0 Å². The summed E-state index contributed by atoms with van der Waals surface area (Å²) in [7, 11) is 0. The standard InChI is InChI=1S/C17H21NO10/c1-6-13(23)18-14-16(26-10(4)21)15(25-9(3)20)12(7-24-8(2)19)28-17(14)27-11(5)22/h1,12,14-17H,7H2,2-5H3,(H,18,23)/t12-,14-,15-,16-,17?/m1/s1. The Morgan fingerprint density at radius 3 is 1.89 bits per heavy atom. The smallest absolute Gasteiger partial charge is 0.305 e. The minimum atomic E-state index is -1.47. The van der Waals surface area contributed by atoms with Gasteiger partial charge in [-0.05, 0) is 5.92 Å². The molecule has 1 unspecified atom stereocenters. The number of amides is 1. The summed E-state index contributed by atoms with van der Waals surface area (Å²) in [5, 5.41) is 2.31. The molecule has 11 heteroatoms. The number of carbonyl (C=O) groups excluding carboxylic acids is 5. The van der Waals surface area contributed by atoms with Crippen molar-refractivity contribution < 1.29 is 47.7 Å². The second-order valence-corrected chi connectivity index (χ2v) is 5.75. The van der Waals surface area contributed by atoms with Crippen LogP contribution in [0.1, 0.15) is 27.7 Å². The SMILES string of the molecule is C#CC(=O)N[C@H]1C(OC(C)=O)O[C@H](COC(C)=O)[C@@H](OC(C)=O)[C@@H]1OC(C)=O. The van der Waals surface area contributed by atoms with E-state index in [0.717, 1.165) is 27.7 Å². The van der Waals surface area contributed by atoms with Gasteiger partial charge in [0.1, 0.15) is 18.8 Å². The lowest BCUT2D eigenvalue weighted by Gasteiger charge is -2.44. The number of ether oxygens (including phenoxy) is 5. The monoisotopic (exact) mass is 399 g/mol. The van der Waals surface area contributed by atoms with Gasteiger partial charge < -0.3 is 29.0 Å².